The molecule has 0 saturated heterocycles. The third-order valence-corrected chi connectivity index (χ3v) is 3.68. The van der Waals surface area contributed by atoms with Crippen LogP contribution in [0.3, 0.4) is 0 Å². The SMILES string of the molecule is CC(C)(CO)Sc1ccc(C(C)(C)C)cc1. The standard InChI is InChI=1S/C14H22OS/c1-13(2,3)11-6-8-12(9-7-11)16-14(4,5)10-15/h6-9,15H,10H2,1-5H3. The molecule has 1 nitrogen and oxygen atoms in total. The van der Waals surface area contributed by atoms with Crippen molar-refractivity contribution < 1.29 is 5.11 Å². The molecule has 0 saturated carbocycles. The van der Waals surface area contributed by atoms with E-state index in [0.29, 0.717) is 0 Å². The fourth-order valence-corrected chi connectivity index (χ4v) is 2.35. The molecule has 1 aromatic carbocycles. The maximum atomic E-state index is 9.22. The summed E-state index contributed by atoms with van der Waals surface area (Å²) in [7, 11) is 0. The van der Waals surface area contributed by atoms with Crippen molar-refractivity contribution in [3.05, 3.63) is 29.8 Å². The summed E-state index contributed by atoms with van der Waals surface area (Å²) in [5.41, 5.74) is 1.55. The van der Waals surface area contributed by atoms with Gasteiger partial charge in [0, 0.05) is 9.64 Å². The molecule has 0 unspecified atom stereocenters. The average Bonchev–Trinajstić information content (AvgIpc) is 2.16. The summed E-state index contributed by atoms with van der Waals surface area (Å²) >= 11 is 1.72. The first-order chi connectivity index (χ1) is 7.24. The lowest BCUT2D eigenvalue weighted by atomic mass is 9.87. The molecule has 90 valence electrons. The van der Waals surface area contributed by atoms with E-state index in [9.17, 15) is 5.11 Å². The number of aliphatic hydroxyl groups excluding tert-OH is 1. The van der Waals surface area contributed by atoms with Crippen molar-refractivity contribution >= 4 is 11.8 Å². The first kappa shape index (κ1) is 13.6. The number of benzene rings is 1. The van der Waals surface area contributed by atoms with Gasteiger partial charge < -0.3 is 5.11 Å². The maximum absolute atomic E-state index is 9.22. The molecule has 0 heterocycles. The van der Waals surface area contributed by atoms with Gasteiger partial charge in [-0.05, 0) is 37.0 Å². The second-order valence-corrected chi connectivity index (χ2v) is 7.57. The van der Waals surface area contributed by atoms with Gasteiger partial charge in [0.25, 0.3) is 0 Å². The molecular formula is C14H22OS. The highest BCUT2D eigenvalue weighted by molar-refractivity contribution is 8.00. The summed E-state index contributed by atoms with van der Waals surface area (Å²) in [5, 5.41) is 9.22. The molecule has 0 fully saturated rings. The van der Waals surface area contributed by atoms with Crippen LogP contribution in [0.15, 0.2) is 29.2 Å². The van der Waals surface area contributed by atoms with Crippen molar-refractivity contribution in [1.82, 2.24) is 0 Å². The maximum Gasteiger partial charge on any atom is 0.0576 e. The van der Waals surface area contributed by atoms with E-state index in [2.05, 4.69) is 58.9 Å². The number of hydrogen-bond donors (Lipinski definition) is 1. The highest BCUT2D eigenvalue weighted by atomic mass is 32.2. The Labute approximate surface area is 103 Å². The Morgan fingerprint density at radius 1 is 1.00 bits per heavy atom. The van der Waals surface area contributed by atoms with Gasteiger partial charge >= 0.3 is 0 Å². The zero-order valence-electron chi connectivity index (χ0n) is 10.9. The Kier molecular flexibility index (Phi) is 4.08. The Hall–Kier alpha value is -0.470. The van der Waals surface area contributed by atoms with E-state index in [4.69, 9.17) is 0 Å². The van der Waals surface area contributed by atoms with Gasteiger partial charge in [-0.2, -0.15) is 0 Å². The van der Waals surface area contributed by atoms with Gasteiger partial charge in [-0.3, -0.25) is 0 Å². The van der Waals surface area contributed by atoms with Crippen LogP contribution in [0.2, 0.25) is 0 Å². The van der Waals surface area contributed by atoms with Crippen molar-refractivity contribution in [1.29, 1.82) is 0 Å². The lowest BCUT2D eigenvalue weighted by molar-refractivity contribution is 0.265. The number of aliphatic hydroxyl groups is 1. The summed E-state index contributed by atoms with van der Waals surface area (Å²) in [4.78, 5) is 1.21. The lowest BCUT2D eigenvalue weighted by Gasteiger charge is -2.22. The van der Waals surface area contributed by atoms with E-state index in [1.165, 1.54) is 10.5 Å². The molecule has 0 amide bonds. The van der Waals surface area contributed by atoms with Gasteiger partial charge in [-0.1, -0.05) is 32.9 Å². The van der Waals surface area contributed by atoms with Crippen molar-refractivity contribution in [3.8, 4) is 0 Å². The van der Waals surface area contributed by atoms with Crippen LogP contribution in [-0.4, -0.2) is 16.5 Å². The Balaban J connectivity index is 2.80. The number of thioether (sulfide) groups is 1. The van der Waals surface area contributed by atoms with E-state index in [1.54, 1.807) is 11.8 Å². The molecule has 1 N–H and O–H groups in total. The number of hydrogen-bond acceptors (Lipinski definition) is 2. The molecule has 0 spiro atoms. The van der Waals surface area contributed by atoms with E-state index < -0.39 is 0 Å². The fraction of sp³-hybridized carbons (Fsp3) is 0.571. The molecule has 0 aliphatic rings. The van der Waals surface area contributed by atoms with Crippen LogP contribution in [0.1, 0.15) is 40.2 Å². The van der Waals surface area contributed by atoms with Gasteiger partial charge in [0.1, 0.15) is 0 Å². The quantitative estimate of drug-likeness (QED) is 0.807. The van der Waals surface area contributed by atoms with Crippen LogP contribution in [0.5, 0.6) is 0 Å². The number of rotatable bonds is 3. The van der Waals surface area contributed by atoms with E-state index >= 15 is 0 Å². The highest BCUT2D eigenvalue weighted by Gasteiger charge is 2.18. The molecular weight excluding hydrogens is 216 g/mol. The summed E-state index contributed by atoms with van der Waals surface area (Å²) in [6, 6.07) is 8.64. The molecule has 16 heavy (non-hydrogen) atoms. The van der Waals surface area contributed by atoms with Gasteiger partial charge in [-0.15, -0.1) is 11.8 Å². The van der Waals surface area contributed by atoms with E-state index in [-0.39, 0.29) is 16.8 Å². The molecule has 0 radical (unpaired) electrons. The minimum absolute atomic E-state index is 0.108. The van der Waals surface area contributed by atoms with E-state index in [0.717, 1.165) is 0 Å². The van der Waals surface area contributed by atoms with Crippen molar-refractivity contribution in [2.45, 2.75) is 49.7 Å². The Morgan fingerprint density at radius 3 is 1.88 bits per heavy atom. The molecule has 1 aromatic rings. The summed E-state index contributed by atoms with van der Waals surface area (Å²) < 4.78 is -0.108. The summed E-state index contributed by atoms with van der Waals surface area (Å²) in [5.74, 6) is 0. The zero-order chi connectivity index (χ0) is 12.4. The summed E-state index contributed by atoms with van der Waals surface area (Å²) in [6.07, 6.45) is 0. The minimum Gasteiger partial charge on any atom is -0.395 e. The minimum atomic E-state index is -0.108. The molecule has 2 heteroatoms. The molecule has 0 atom stereocenters. The van der Waals surface area contributed by atoms with Crippen molar-refractivity contribution in [3.63, 3.8) is 0 Å². The lowest BCUT2D eigenvalue weighted by Crippen LogP contribution is -2.19. The molecule has 0 aliphatic carbocycles. The monoisotopic (exact) mass is 238 g/mol. The van der Waals surface area contributed by atoms with Crippen LogP contribution in [0.25, 0.3) is 0 Å². The third-order valence-electron chi connectivity index (χ3n) is 2.50. The van der Waals surface area contributed by atoms with Gasteiger partial charge in [0.15, 0.2) is 0 Å². The van der Waals surface area contributed by atoms with Crippen LogP contribution < -0.4 is 0 Å². The average molecular weight is 238 g/mol. The van der Waals surface area contributed by atoms with Crippen LogP contribution >= 0.6 is 11.8 Å². The molecule has 0 aromatic heterocycles. The van der Waals surface area contributed by atoms with Gasteiger partial charge in [-0.25, -0.2) is 0 Å². The normalized spacial score (nSPS) is 12.9. The molecule has 1 rings (SSSR count). The second kappa shape index (κ2) is 4.80. The van der Waals surface area contributed by atoms with Gasteiger partial charge in [0.2, 0.25) is 0 Å². The molecule has 0 aliphatic heterocycles. The smallest absolute Gasteiger partial charge is 0.0576 e. The predicted molar refractivity (Wildman–Crippen MR) is 72.2 cm³/mol. The topological polar surface area (TPSA) is 20.2 Å². The van der Waals surface area contributed by atoms with Crippen LogP contribution in [-0.2, 0) is 5.41 Å². The first-order valence-electron chi connectivity index (χ1n) is 5.65. The fourth-order valence-electron chi connectivity index (χ4n) is 1.37. The van der Waals surface area contributed by atoms with E-state index in [1.807, 2.05) is 0 Å². The van der Waals surface area contributed by atoms with Crippen molar-refractivity contribution in [2.24, 2.45) is 0 Å². The Bertz CT molecular complexity index is 333. The predicted octanol–water partition coefficient (Wildman–Crippen LogP) is 3.85. The van der Waals surface area contributed by atoms with Crippen LogP contribution in [0, 0.1) is 0 Å². The zero-order valence-corrected chi connectivity index (χ0v) is 11.7. The second-order valence-electron chi connectivity index (χ2n) is 5.79. The molecule has 0 bridgehead atoms. The largest absolute Gasteiger partial charge is 0.395 e. The summed E-state index contributed by atoms with van der Waals surface area (Å²) in [6.45, 7) is 10.9. The third kappa shape index (κ3) is 3.84. The first-order valence-corrected chi connectivity index (χ1v) is 6.47. The highest BCUT2D eigenvalue weighted by Crippen LogP contribution is 2.33. The Morgan fingerprint density at radius 2 is 1.50 bits per heavy atom. The van der Waals surface area contributed by atoms with Gasteiger partial charge in [0.05, 0.1) is 6.61 Å². The van der Waals surface area contributed by atoms with Crippen LogP contribution in [0.4, 0.5) is 0 Å². The van der Waals surface area contributed by atoms with Crippen molar-refractivity contribution in [2.75, 3.05) is 6.61 Å².